The normalized spacial score (nSPS) is 31.2. The Morgan fingerprint density at radius 1 is 1.54 bits per heavy atom. The van der Waals surface area contributed by atoms with Crippen molar-refractivity contribution in [3.05, 3.63) is 0 Å². The third-order valence-corrected chi connectivity index (χ3v) is 3.24. The fraction of sp³-hybridized carbons (Fsp3) is 0.900. The van der Waals surface area contributed by atoms with E-state index in [1.54, 1.807) is 0 Å². The topological polar surface area (TPSA) is 63.3 Å². The molecule has 0 aliphatic heterocycles. The minimum absolute atomic E-state index is 0.205. The summed E-state index contributed by atoms with van der Waals surface area (Å²) in [5, 5.41) is 8.82. The summed E-state index contributed by atoms with van der Waals surface area (Å²) in [4.78, 5) is 10.7. The van der Waals surface area contributed by atoms with Crippen molar-refractivity contribution in [2.45, 2.75) is 45.1 Å². The first-order chi connectivity index (χ1) is 6.16. The molecule has 0 bridgehead atoms. The summed E-state index contributed by atoms with van der Waals surface area (Å²) in [5.41, 5.74) is 5.66. The third-order valence-electron chi connectivity index (χ3n) is 3.24. The lowest BCUT2D eigenvalue weighted by molar-refractivity contribution is -0.140. The molecular formula is C10H19NO2. The van der Waals surface area contributed by atoms with Gasteiger partial charge in [-0.3, -0.25) is 4.79 Å². The van der Waals surface area contributed by atoms with Gasteiger partial charge in [0.05, 0.1) is 0 Å². The lowest BCUT2D eigenvalue weighted by atomic mass is 9.74. The van der Waals surface area contributed by atoms with Crippen LogP contribution in [0.25, 0.3) is 0 Å². The molecule has 0 aromatic heterocycles. The molecule has 0 aromatic rings. The second kappa shape index (κ2) is 4.61. The van der Waals surface area contributed by atoms with Crippen LogP contribution in [0.15, 0.2) is 0 Å². The summed E-state index contributed by atoms with van der Waals surface area (Å²) >= 11 is 0. The number of rotatable bonds is 3. The lowest BCUT2D eigenvalue weighted by Crippen LogP contribution is -2.42. The van der Waals surface area contributed by atoms with Gasteiger partial charge < -0.3 is 10.8 Å². The Balaban J connectivity index is 2.58. The van der Waals surface area contributed by atoms with Crippen LogP contribution in [-0.2, 0) is 4.79 Å². The highest BCUT2D eigenvalue weighted by atomic mass is 16.4. The largest absolute Gasteiger partial charge is 0.480 e. The number of carboxylic acid groups (broad SMARTS) is 1. The Morgan fingerprint density at radius 3 is 2.69 bits per heavy atom. The van der Waals surface area contributed by atoms with Gasteiger partial charge in [-0.2, -0.15) is 0 Å². The van der Waals surface area contributed by atoms with Crippen LogP contribution in [0.3, 0.4) is 0 Å². The second-order valence-corrected chi connectivity index (χ2v) is 3.98. The fourth-order valence-electron chi connectivity index (χ4n) is 2.40. The molecule has 3 nitrogen and oxygen atoms in total. The molecule has 1 aliphatic rings. The highest BCUT2D eigenvalue weighted by Crippen LogP contribution is 2.33. The zero-order chi connectivity index (χ0) is 9.84. The predicted octanol–water partition coefficient (Wildman–Crippen LogP) is 1.61. The maximum Gasteiger partial charge on any atom is 0.320 e. The van der Waals surface area contributed by atoms with E-state index in [0.29, 0.717) is 5.92 Å². The second-order valence-electron chi connectivity index (χ2n) is 3.98. The van der Waals surface area contributed by atoms with Gasteiger partial charge in [0.25, 0.3) is 0 Å². The molecule has 2 unspecified atom stereocenters. The molecule has 0 spiro atoms. The number of carboxylic acids is 1. The number of nitrogens with two attached hydrogens (primary N) is 1. The van der Waals surface area contributed by atoms with Gasteiger partial charge in [0.2, 0.25) is 0 Å². The average molecular weight is 185 g/mol. The molecule has 1 fully saturated rings. The molecule has 0 amide bonds. The minimum atomic E-state index is -0.842. The third kappa shape index (κ3) is 2.44. The van der Waals surface area contributed by atoms with E-state index in [0.717, 1.165) is 25.7 Å². The van der Waals surface area contributed by atoms with Crippen LogP contribution >= 0.6 is 0 Å². The number of carbonyl (C=O) groups is 1. The van der Waals surface area contributed by atoms with Gasteiger partial charge in [-0.25, -0.2) is 0 Å². The summed E-state index contributed by atoms with van der Waals surface area (Å²) in [5.74, 6) is -0.110. The monoisotopic (exact) mass is 185 g/mol. The smallest absolute Gasteiger partial charge is 0.320 e. The molecule has 3 heteroatoms. The van der Waals surface area contributed by atoms with E-state index in [4.69, 9.17) is 10.8 Å². The maximum absolute atomic E-state index is 10.7. The van der Waals surface area contributed by atoms with Crippen molar-refractivity contribution < 1.29 is 9.90 Å². The molecule has 3 N–H and O–H groups in total. The molecule has 76 valence electrons. The zero-order valence-corrected chi connectivity index (χ0v) is 8.20. The molecule has 0 aromatic carbocycles. The number of hydrogen-bond donors (Lipinski definition) is 2. The first-order valence-corrected chi connectivity index (χ1v) is 5.15. The standard InChI is InChI=1S/C10H19NO2/c1-2-7-5-3-4-6-8(7)9(11)10(12)13/h7-9H,2-6,11H2,1H3,(H,12,13)/t7?,8?,9-/m0/s1. The van der Waals surface area contributed by atoms with Gasteiger partial charge in [0, 0.05) is 0 Å². The van der Waals surface area contributed by atoms with Crippen molar-refractivity contribution >= 4 is 5.97 Å². The van der Waals surface area contributed by atoms with Gasteiger partial charge >= 0.3 is 5.97 Å². The van der Waals surface area contributed by atoms with Crippen LogP contribution in [0.1, 0.15) is 39.0 Å². The lowest BCUT2D eigenvalue weighted by Gasteiger charge is -2.33. The molecule has 1 saturated carbocycles. The number of aliphatic carboxylic acids is 1. The average Bonchev–Trinajstić information content (AvgIpc) is 2.16. The van der Waals surface area contributed by atoms with Crippen LogP contribution in [0, 0.1) is 11.8 Å². The Kier molecular flexibility index (Phi) is 3.72. The Bertz CT molecular complexity index is 182. The summed E-state index contributed by atoms with van der Waals surface area (Å²) in [7, 11) is 0. The van der Waals surface area contributed by atoms with Crippen molar-refractivity contribution in [2.24, 2.45) is 17.6 Å². The van der Waals surface area contributed by atoms with Gasteiger partial charge in [-0.1, -0.05) is 32.6 Å². The maximum atomic E-state index is 10.7. The van der Waals surface area contributed by atoms with E-state index >= 15 is 0 Å². The summed E-state index contributed by atoms with van der Waals surface area (Å²) in [6, 6.07) is -0.648. The molecule has 13 heavy (non-hydrogen) atoms. The first-order valence-electron chi connectivity index (χ1n) is 5.15. The van der Waals surface area contributed by atoms with Gasteiger partial charge in [-0.15, -0.1) is 0 Å². The van der Waals surface area contributed by atoms with Crippen molar-refractivity contribution in [3.8, 4) is 0 Å². The summed E-state index contributed by atoms with van der Waals surface area (Å²) < 4.78 is 0. The van der Waals surface area contributed by atoms with E-state index < -0.39 is 12.0 Å². The van der Waals surface area contributed by atoms with E-state index in [9.17, 15) is 4.79 Å². The predicted molar refractivity (Wildman–Crippen MR) is 51.4 cm³/mol. The quantitative estimate of drug-likeness (QED) is 0.702. The van der Waals surface area contributed by atoms with Gasteiger partial charge in [-0.05, 0) is 18.3 Å². The van der Waals surface area contributed by atoms with Crippen LogP contribution in [0.2, 0.25) is 0 Å². The van der Waals surface area contributed by atoms with Crippen LogP contribution < -0.4 is 5.73 Å². The van der Waals surface area contributed by atoms with Crippen molar-refractivity contribution in [3.63, 3.8) is 0 Å². The minimum Gasteiger partial charge on any atom is -0.480 e. The summed E-state index contributed by atoms with van der Waals surface area (Å²) in [6.07, 6.45) is 5.59. The van der Waals surface area contributed by atoms with Crippen molar-refractivity contribution in [1.29, 1.82) is 0 Å². The number of hydrogen-bond acceptors (Lipinski definition) is 2. The SMILES string of the molecule is CCC1CCCCC1[C@H](N)C(=O)O. The zero-order valence-electron chi connectivity index (χ0n) is 8.20. The first kappa shape index (κ1) is 10.5. The Labute approximate surface area is 79.3 Å². The molecular weight excluding hydrogens is 166 g/mol. The van der Waals surface area contributed by atoms with Crippen molar-refractivity contribution in [2.75, 3.05) is 0 Å². The fourth-order valence-corrected chi connectivity index (χ4v) is 2.40. The van der Waals surface area contributed by atoms with Crippen molar-refractivity contribution in [1.82, 2.24) is 0 Å². The molecule has 1 rings (SSSR count). The molecule has 0 radical (unpaired) electrons. The van der Waals surface area contributed by atoms with Crippen LogP contribution in [0.5, 0.6) is 0 Å². The van der Waals surface area contributed by atoms with E-state index in [2.05, 4.69) is 6.92 Å². The van der Waals surface area contributed by atoms with E-state index in [-0.39, 0.29) is 5.92 Å². The Morgan fingerprint density at radius 2 is 2.15 bits per heavy atom. The molecule has 0 saturated heterocycles. The van der Waals surface area contributed by atoms with E-state index in [1.165, 1.54) is 6.42 Å². The molecule has 1 aliphatic carbocycles. The van der Waals surface area contributed by atoms with Gasteiger partial charge in [0.15, 0.2) is 0 Å². The summed E-state index contributed by atoms with van der Waals surface area (Å²) in [6.45, 7) is 2.12. The van der Waals surface area contributed by atoms with Crippen LogP contribution in [-0.4, -0.2) is 17.1 Å². The van der Waals surface area contributed by atoms with Crippen LogP contribution in [0.4, 0.5) is 0 Å². The Hall–Kier alpha value is -0.570. The van der Waals surface area contributed by atoms with E-state index in [1.807, 2.05) is 0 Å². The highest BCUT2D eigenvalue weighted by Gasteiger charge is 2.32. The molecule has 3 atom stereocenters. The highest BCUT2D eigenvalue weighted by molar-refractivity contribution is 5.73. The molecule has 0 heterocycles. The van der Waals surface area contributed by atoms with Gasteiger partial charge in [0.1, 0.15) is 6.04 Å².